The average molecular weight is 405 g/mol. The number of aliphatic hydroxyl groups excluding tert-OH is 1. The van der Waals surface area contributed by atoms with Crippen LogP contribution in [0.2, 0.25) is 0 Å². The van der Waals surface area contributed by atoms with E-state index in [9.17, 15) is 18.5 Å². The number of sulfone groups is 1. The van der Waals surface area contributed by atoms with Crippen LogP contribution in [0.5, 0.6) is 0 Å². The molecule has 0 unspecified atom stereocenters. The van der Waals surface area contributed by atoms with Crippen LogP contribution < -0.4 is 4.90 Å². The van der Waals surface area contributed by atoms with E-state index in [4.69, 9.17) is 5.11 Å². The second kappa shape index (κ2) is 8.68. The summed E-state index contributed by atoms with van der Waals surface area (Å²) in [6.07, 6.45) is 0. The van der Waals surface area contributed by atoms with E-state index in [2.05, 4.69) is 4.90 Å². The fraction of sp³-hybridized carbons (Fsp3) is 0.368. The van der Waals surface area contributed by atoms with Crippen molar-refractivity contribution in [2.24, 2.45) is 0 Å². The predicted molar refractivity (Wildman–Crippen MR) is 106 cm³/mol. The van der Waals surface area contributed by atoms with Crippen molar-refractivity contribution in [3.05, 3.63) is 64.2 Å². The van der Waals surface area contributed by atoms with Gasteiger partial charge in [-0.25, -0.2) is 8.42 Å². The van der Waals surface area contributed by atoms with E-state index in [0.29, 0.717) is 44.0 Å². The van der Waals surface area contributed by atoms with E-state index in [1.54, 1.807) is 30.3 Å². The maximum absolute atomic E-state index is 12.7. The number of benzene rings is 2. The Balaban J connectivity index is 1.84. The molecule has 3 rings (SSSR count). The zero-order valence-corrected chi connectivity index (χ0v) is 16.2. The number of piperazine rings is 1. The number of nitro benzene ring substituents is 1. The molecule has 1 heterocycles. The van der Waals surface area contributed by atoms with Crippen LogP contribution in [0, 0.1) is 10.1 Å². The van der Waals surface area contributed by atoms with Gasteiger partial charge in [0, 0.05) is 38.8 Å². The van der Waals surface area contributed by atoms with Crippen LogP contribution in [0.15, 0.2) is 53.4 Å². The average Bonchev–Trinajstić information content (AvgIpc) is 2.69. The summed E-state index contributed by atoms with van der Waals surface area (Å²) in [6, 6.07) is 12.9. The summed E-state index contributed by atoms with van der Waals surface area (Å²) in [6.45, 7) is 3.19. The van der Waals surface area contributed by atoms with Gasteiger partial charge in [-0.15, -0.1) is 0 Å². The maximum Gasteiger partial charge on any atom is 0.293 e. The minimum Gasteiger partial charge on any atom is -0.395 e. The molecule has 28 heavy (non-hydrogen) atoms. The molecular weight excluding hydrogens is 382 g/mol. The lowest BCUT2D eigenvalue weighted by Crippen LogP contribution is -2.47. The first kappa shape index (κ1) is 20.2. The Hall–Kier alpha value is -2.49. The number of rotatable bonds is 7. The molecule has 1 aliphatic rings. The van der Waals surface area contributed by atoms with E-state index in [0.717, 1.165) is 6.07 Å². The lowest BCUT2D eigenvalue weighted by atomic mass is 10.2. The summed E-state index contributed by atoms with van der Waals surface area (Å²) < 4.78 is 25.4. The van der Waals surface area contributed by atoms with Gasteiger partial charge in [-0.1, -0.05) is 30.3 Å². The first-order valence-electron chi connectivity index (χ1n) is 9.04. The van der Waals surface area contributed by atoms with Crippen LogP contribution in [-0.2, 0) is 15.6 Å². The van der Waals surface area contributed by atoms with Crippen LogP contribution >= 0.6 is 0 Å². The zero-order valence-electron chi connectivity index (χ0n) is 15.4. The van der Waals surface area contributed by atoms with Gasteiger partial charge in [0.1, 0.15) is 5.69 Å². The van der Waals surface area contributed by atoms with Crippen molar-refractivity contribution in [2.75, 3.05) is 44.2 Å². The molecule has 1 saturated heterocycles. The van der Waals surface area contributed by atoms with Gasteiger partial charge < -0.3 is 10.0 Å². The molecular formula is C19H23N3O5S. The molecule has 8 nitrogen and oxygen atoms in total. The summed E-state index contributed by atoms with van der Waals surface area (Å²) in [7, 11) is -3.69. The van der Waals surface area contributed by atoms with Gasteiger partial charge in [0.15, 0.2) is 9.84 Å². The monoisotopic (exact) mass is 405 g/mol. The lowest BCUT2D eigenvalue weighted by molar-refractivity contribution is -0.384. The number of nitro groups is 1. The first-order valence-corrected chi connectivity index (χ1v) is 10.7. The summed E-state index contributed by atoms with van der Waals surface area (Å²) >= 11 is 0. The van der Waals surface area contributed by atoms with Crippen molar-refractivity contribution in [1.29, 1.82) is 0 Å². The summed E-state index contributed by atoms with van der Waals surface area (Å²) in [5.41, 5.74) is 0.853. The second-order valence-corrected chi connectivity index (χ2v) is 8.69. The highest BCUT2D eigenvalue weighted by molar-refractivity contribution is 7.90. The number of hydrogen-bond acceptors (Lipinski definition) is 7. The van der Waals surface area contributed by atoms with Gasteiger partial charge in [-0.3, -0.25) is 15.0 Å². The van der Waals surface area contributed by atoms with E-state index >= 15 is 0 Å². The number of β-amino-alcohol motifs (C(OH)–C–C–N with tert-alkyl or cyclic N) is 1. The highest BCUT2D eigenvalue weighted by Crippen LogP contribution is 2.32. The molecule has 9 heteroatoms. The summed E-state index contributed by atoms with van der Waals surface area (Å²) in [5.74, 6) is -0.204. The first-order chi connectivity index (χ1) is 13.4. The number of nitrogens with zero attached hydrogens (tertiary/aromatic N) is 3. The molecule has 150 valence electrons. The smallest absolute Gasteiger partial charge is 0.293 e. The molecule has 1 N–H and O–H groups in total. The van der Waals surface area contributed by atoms with Crippen molar-refractivity contribution in [2.45, 2.75) is 10.6 Å². The Morgan fingerprint density at radius 2 is 1.71 bits per heavy atom. The molecule has 2 aromatic carbocycles. The van der Waals surface area contributed by atoms with Crippen molar-refractivity contribution in [1.82, 2.24) is 4.90 Å². The number of hydrogen-bond donors (Lipinski definition) is 1. The minimum absolute atomic E-state index is 0.0503. The largest absolute Gasteiger partial charge is 0.395 e. The third-order valence-corrected chi connectivity index (χ3v) is 6.52. The Labute approximate surface area is 164 Å². The Kier molecular flexibility index (Phi) is 6.28. The van der Waals surface area contributed by atoms with Crippen molar-refractivity contribution in [3.63, 3.8) is 0 Å². The molecule has 0 bridgehead atoms. The van der Waals surface area contributed by atoms with E-state index in [1.807, 2.05) is 4.90 Å². The van der Waals surface area contributed by atoms with Gasteiger partial charge >= 0.3 is 0 Å². The van der Waals surface area contributed by atoms with Gasteiger partial charge in [0.05, 0.1) is 22.2 Å². The quantitative estimate of drug-likeness (QED) is 0.552. The normalized spacial score (nSPS) is 15.5. The van der Waals surface area contributed by atoms with Crippen LogP contribution in [0.1, 0.15) is 5.56 Å². The Morgan fingerprint density at radius 3 is 2.32 bits per heavy atom. The maximum atomic E-state index is 12.7. The lowest BCUT2D eigenvalue weighted by Gasteiger charge is -2.35. The van der Waals surface area contributed by atoms with Crippen molar-refractivity contribution >= 4 is 21.2 Å². The Morgan fingerprint density at radius 1 is 1.04 bits per heavy atom. The van der Waals surface area contributed by atoms with E-state index < -0.39 is 14.8 Å². The van der Waals surface area contributed by atoms with Gasteiger partial charge in [0.25, 0.3) is 5.69 Å². The molecule has 2 aromatic rings. The van der Waals surface area contributed by atoms with Crippen LogP contribution in [0.3, 0.4) is 0 Å². The standard InChI is InChI=1S/C19H23N3O5S/c23-13-12-20-8-10-21(11-9-20)18-7-6-17(14-19(18)22(24)25)28(26,27)15-16-4-2-1-3-5-16/h1-7,14,23H,8-13,15H2. The molecule has 0 aromatic heterocycles. The SMILES string of the molecule is O=[N+]([O-])c1cc(S(=O)(=O)Cc2ccccc2)ccc1N1CCN(CCO)CC1. The molecule has 0 spiro atoms. The number of anilines is 1. The van der Waals surface area contributed by atoms with Crippen molar-refractivity contribution in [3.8, 4) is 0 Å². The minimum atomic E-state index is -3.69. The Bertz CT molecular complexity index is 926. The van der Waals surface area contributed by atoms with Crippen LogP contribution in [-0.4, -0.2) is 62.7 Å². The van der Waals surface area contributed by atoms with Gasteiger partial charge in [-0.05, 0) is 17.7 Å². The topological polar surface area (TPSA) is 104 Å². The third-order valence-electron chi connectivity index (χ3n) is 4.83. The highest BCUT2D eigenvalue weighted by Gasteiger charge is 2.26. The molecule has 0 atom stereocenters. The zero-order chi connectivity index (χ0) is 20.1. The van der Waals surface area contributed by atoms with Gasteiger partial charge in [-0.2, -0.15) is 0 Å². The molecule has 0 radical (unpaired) electrons. The van der Waals surface area contributed by atoms with Crippen LogP contribution in [0.25, 0.3) is 0 Å². The third kappa shape index (κ3) is 4.67. The fourth-order valence-corrected chi connectivity index (χ4v) is 4.71. The molecule has 0 saturated carbocycles. The van der Waals surface area contributed by atoms with E-state index in [1.165, 1.54) is 12.1 Å². The summed E-state index contributed by atoms with van der Waals surface area (Å²) in [4.78, 5) is 15.0. The molecule has 0 aliphatic carbocycles. The molecule has 1 aliphatic heterocycles. The van der Waals surface area contributed by atoms with Gasteiger partial charge in [0.2, 0.25) is 0 Å². The van der Waals surface area contributed by atoms with Crippen LogP contribution in [0.4, 0.5) is 11.4 Å². The highest BCUT2D eigenvalue weighted by atomic mass is 32.2. The second-order valence-electron chi connectivity index (χ2n) is 6.70. The fourth-order valence-electron chi connectivity index (χ4n) is 3.34. The summed E-state index contributed by atoms with van der Waals surface area (Å²) in [5, 5.41) is 20.6. The molecule has 0 amide bonds. The predicted octanol–water partition coefficient (Wildman–Crippen LogP) is 1.68. The molecule has 1 fully saturated rings. The van der Waals surface area contributed by atoms with E-state index in [-0.39, 0.29) is 22.9 Å². The van der Waals surface area contributed by atoms with Crippen molar-refractivity contribution < 1.29 is 18.4 Å². The number of aliphatic hydroxyl groups is 1.